The Kier molecular flexibility index (Phi) is 6.21. The first kappa shape index (κ1) is 22.6. The van der Waals surface area contributed by atoms with Gasteiger partial charge >= 0.3 is 6.08 Å². The van der Waals surface area contributed by atoms with Crippen LogP contribution >= 0.6 is 22.6 Å². The first-order chi connectivity index (χ1) is 15.1. The minimum Gasteiger partial charge on any atom is -0.493 e. The molecule has 11 heteroatoms. The van der Waals surface area contributed by atoms with Crippen LogP contribution in [0.3, 0.4) is 0 Å². The zero-order valence-electron chi connectivity index (χ0n) is 17.8. The van der Waals surface area contributed by atoms with Gasteiger partial charge in [-0.25, -0.2) is 4.98 Å². The molecule has 0 radical (unpaired) electrons. The van der Waals surface area contributed by atoms with E-state index in [1.165, 1.54) is 19.4 Å². The minimum atomic E-state index is -1.45. The molecule has 0 aliphatic carbocycles. The molecule has 4 N–H and O–H groups in total. The largest absolute Gasteiger partial charge is 0.493 e. The Morgan fingerprint density at radius 3 is 2.91 bits per heavy atom. The summed E-state index contributed by atoms with van der Waals surface area (Å²) in [5.74, 6) is 1.06. The number of fused-ring (bicyclic) bond motifs is 2. The Labute approximate surface area is 197 Å². The van der Waals surface area contributed by atoms with Crippen molar-refractivity contribution in [3.63, 3.8) is 0 Å². The quantitative estimate of drug-likeness (QED) is 0.232. The third kappa shape index (κ3) is 4.63. The molecular formula is C21H24FIN6O3. The molecule has 1 aliphatic heterocycles. The van der Waals surface area contributed by atoms with Gasteiger partial charge in [0.25, 0.3) is 5.91 Å². The van der Waals surface area contributed by atoms with Crippen LogP contribution in [0.25, 0.3) is 11.2 Å². The number of benzene rings is 1. The normalized spacial score (nSPS) is 13.3. The van der Waals surface area contributed by atoms with Crippen LogP contribution < -0.4 is 15.8 Å². The lowest BCUT2D eigenvalue weighted by atomic mass is 10.1. The van der Waals surface area contributed by atoms with Gasteiger partial charge in [-0.2, -0.15) is 14.4 Å². The number of imidazole rings is 1. The lowest BCUT2D eigenvalue weighted by Gasteiger charge is -2.17. The molecule has 170 valence electrons. The number of carbonyl (C=O) groups is 1. The first-order valence-corrected chi connectivity index (χ1v) is 11.3. The van der Waals surface area contributed by atoms with Crippen molar-refractivity contribution in [3.05, 3.63) is 38.7 Å². The standard InChI is InChI=1S/C21H24FIN6O3/c1-21(2,31)19(30)25-5-3-6-29-15(26-16-17(24)27-20(22)28-18(16)29)10-12-9-14-11(4-7-32-14)8-13(12)23/h8-9,31H,3-7,10H2,1-2H3,(H,25,30)(H2,24,27,28). The van der Waals surface area contributed by atoms with Crippen LogP contribution in [0.5, 0.6) is 5.75 Å². The van der Waals surface area contributed by atoms with Gasteiger partial charge in [0.05, 0.1) is 6.61 Å². The smallest absolute Gasteiger partial charge is 0.312 e. The highest BCUT2D eigenvalue weighted by atomic mass is 127. The van der Waals surface area contributed by atoms with Crippen LogP contribution in [0.1, 0.15) is 37.2 Å². The van der Waals surface area contributed by atoms with Gasteiger partial charge in [-0.15, -0.1) is 0 Å². The number of nitrogens with two attached hydrogens (primary N) is 1. The van der Waals surface area contributed by atoms with E-state index in [4.69, 9.17) is 10.5 Å². The summed E-state index contributed by atoms with van der Waals surface area (Å²) < 4.78 is 22.5. The predicted molar refractivity (Wildman–Crippen MR) is 125 cm³/mol. The first-order valence-electron chi connectivity index (χ1n) is 10.3. The fraction of sp³-hybridized carbons (Fsp3) is 0.429. The number of nitrogens with zero attached hydrogens (tertiary/aromatic N) is 4. The average molecular weight is 554 g/mol. The van der Waals surface area contributed by atoms with E-state index < -0.39 is 17.6 Å². The van der Waals surface area contributed by atoms with Crippen LogP contribution in [-0.2, 0) is 24.2 Å². The van der Waals surface area contributed by atoms with Gasteiger partial charge < -0.3 is 25.5 Å². The molecule has 3 aromatic rings. The van der Waals surface area contributed by atoms with Crippen molar-refractivity contribution in [1.29, 1.82) is 0 Å². The Bertz CT molecular complexity index is 1190. The van der Waals surface area contributed by atoms with Gasteiger partial charge in [0.15, 0.2) is 17.0 Å². The highest BCUT2D eigenvalue weighted by Crippen LogP contribution is 2.31. The second-order valence-corrected chi connectivity index (χ2v) is 9.39. The van der Waals surface area contributed by atoms with Crippen molar-refractivity contribution in [3.8, 4) is 5.75 Å². The number of aromatic nitrogens is 4. The van der Waals surface area contributed by atoms with E-state index >= 15 is 0 Å². The van der Waals surface area contributed by atoms with Gasteiger partial charge in [0.2, 0.25) is 0 Å². The van der Waals surface area contributed by atoms with E-state index in [2.05, 4.69) is 48.9 Å². The van der Waals surface area contributed by atoms with E-state index in [-0.39, 0.29) is 5.82 Å². The van der Waals surface area contributed by atoms with Gasteiger partial charge in [-0.3, -0.25) is 4.79 Å². The number of nitrogen functional groups attached to an aromatic ring is 1. The van der Waals surface area contributed by atoms with Crippen LogP contribution in [-0.4, -0.2) is 49.3 Å². The Hall–Kier alpha value is -2.54. The molecule has 4 rings (SSSR count). The molecule has 0 saturated heterocycles. The maximum atomic E-state index is 13.9. The summed E-state index contributed by atoms with van der Waals surface area (Å²) in [6.45, 7) is 4.28. The molecule has 0 bridgehead atoms. The Morgan fingerprint density at radius 2 is 2.16 bits per heavy atom. The molecule has 1 aliphatic rings. The molecule has 0 spiro atoms. The molecule has 0 saturated carbocycles. The summed E-state index contributed by atoms with van der Waals surface area (Å²) in [6, 6.07) is 4.14. The van der Waals surface area contributed by atoms with E-state index in [1.807, 2.05) is 6.07 Å². The Morgan fingerprint density at radius 1 is 1.38 bits per heavy atom. The van der Waals surface area contributed by atoms with Crippen LogP contribution in [0.15, 0.2) is 12.1 Å². The van der Waals surface area contributed by atoms with Gasteiger partial charge in [-0.1, -0.05) is 0 Å². The zero-order valence-corrected chi connectivity index (χ0v) is 19.9. The third-order valence-electron chi connectivity index (χ3n) is 5.28. The van der Waals surface area contributed by atoms with Crippen molar-refractivity contribution in [2.24, 2.45) is 0 Å². The van der Waals surface area contributed by atoms with Crippen molar-refractivity contribution < 1.29 is 19.0 Å². The van der Waals surface area contributed by atoms with E-state index in [9.17, 15) is 14.3 Å². The number of anilines is 1. The summed E-state index contributed by atoms with van der Waals surface area (Å²) in [7, 11) is 0. The number of rotatable bonds is 7. The van der Waals surface area contributed by atoms with Gasteiger partial charge in [0, 0.05) is 29.5 Å². The SMILES string of the molecule is CC(C)(O)C(=O)NCCCn1c(Cc2cc3c(cc2I)CCO3)nc2c(N)nc(F)nc21. The van der Waals surface area contributed by atoms with Crippen LogP contribution in [0.2, 0.25) is 0 Å². The third-order valence-corrected chi connectivity index (χ3v) is 6.28. The zero-order chi connectivity index (χ0) is 23.0. The Balaban J connectivity index is 1.62. The molecule has 9 nitrogen and oxygen atoms in total. The topological polar surface area (TPSA) is 128 Å². The lowest BCUT2D eigenvalue weighted by Crippen LogP contribution is -2.42. The van der Waals surface area contributed by atoms with E-state index in [1.54, 1.807) is 4.57 Å². The summed E-state index contributed by atoms with van der Waals surface area (Å²) >= 11 is 2.30. The molecule has 32 heavy (non-hydrogen) atoms. The number of aryl methyl sites for hydroxylation is 1. The second kappa shape index (κ2) is 8.77. The fourth-order valence-corrected chi connectivity index (χ4v) is 4.33. The molecular weight excluding hydrogens is 530 g/mol. The van der Waals surface area contributed by atoms with Crippen molar-refractivity contribution >= 4 is 45.5 Å². The molecule has 1 aromatic carbocycles. The lowest BCUT2D eigenvalue weighted by molar-refractivity contribution is -0.136. The number of carbonyl (C=O) groups excluding carboxylic acids is 1. The summed E-state index contributed by atoms with van der Waals surface area (Å²) in [5.41, 5.74) is 7.32. The summed E-state index contributed by atoms with van der Waals surface area (Å²) in [5, 5.41) is 12.5. The molecule has 1 amide bonds. The molecule has 0 unspecified atom stereocenters. The number of nitrogens with one attached hydrogen (secondary N) is 1. The highest BCUT2D eigenvalue weighted by molar-refractivity contribution is 14.1. The molecule has 0 atom stereocenters. The number of halogens is 2. The van der Waals surface area contributed by atoms with Gasteiger partial charge in [0.1, 0.15) is 17.2 Å². The van der Waals surface area contributed by atoms with Crippen molar-refractivity contribution in [1.82, 2.24) is 24.8 Å². The second-order valence-electron chi connectivity index (χ2n) is 8.22. The van der Waals surface area contributed by atoms with Crippen molar-refractivity contribution in [2.75, 3.05) is 18.9 Å². The number of hydrogen-bond donors (Lipinski definition) is 3. The van der Waals surface area contributed by atoms with Crippen LogP contribution in [0.4, 0.5) is 10.2 Å². The van der Waals surface area contributed by atoms with Crippen LogP contribution in [0, 0.1) is 9.65 Å². The minimum absolute atomic E-state index is 0.0187. The van der Waals surface area contributed by atoms with E-state index in [0.29, 0.717) is 49.5 Å². The van der Waals surface area contributed by atoms with Crippen molar-refractivity contribution in [2.45, 2.75) is 45.3 Å². The number of hydrogen-bond acceptors (Lipinski definition) is 7. The molecule has 2 aromatic heterocycles. The summed E-state index contributed by atoms with van der Waals surface area (Å²) in [4.78, 5) is 24.0. The fourth-order valence-electron chi connectivity index (χ4n) is 3.61. The maximum Gasteiger partial charge on any atom is 0.312 e. The number of ether oxygens (including phenoxy) is 1. The van der Waals surface area contributed by atoms with E-state index in [0.717, 1.165) is 21.3 Å². The molecule has 3 heterocycles. The summed E-state index contributed by atoms with van der Waals surface area (Å²) in [6.07, 6.45) is 0.975. The molecule has 0 fully saturated rings. The average Bonchev–Trinajstić information content (AvgIpc) is 3.29. The monoisotopic (exact) mass is 554 g/mol. The van der Waals surface area contributed by atoms with Gasteiger partial charge in [-0.05, 0) is 66.1 Å². The number of aliphatic hydroxyl groups is 1. The predicted octanol–water partition coefficient (Wildman–Crippen LogP) is 1.96. The highest BCUT2D eigenvalue weighted by Gasteiger charge is 2.23. The maximum absolute atomic E-state index is 13.9. The number of amides is 1.